The normalized spacial score (nSPS) is 12.4. The van der Waals surface area contributed by atoms with Crippen molar-refractivity contribution < 1.29 is 14.3 Å². The number of aromatic nitrogens is 4. The first-order chi connectivity index (χ1) is 12.2. The molecule has 0 saturated carbocycles. The van der Waals surface area contributed by atoms with E-state index in [1.54, 1.807) is 30.6 Å². The van der Waals surface area contributed by atoms with Crippen LogP contribution in [0.5, 0.6) is 11.5 Å². The zero-order chi connectivity index (χ0) is 17.2. The van der Waals surface area contributed by atoms with Gasteiger partial charge in [-0.25, -0.2) is 0 Å². The number of fused-ring (bicyclic) bond motifs is 1. The molecule has 0 radical (unpaired) electrons. The fourth-order valence-electron chi connectivity index (χ4n) is 2.47. The van der Waals surface area contributed by atoms with Crippen molar-refractivity contribution in [2.45, 2.75) is 5.16 Å². The van der Waals surface area contributed by atoms with Crippen molar-refractivity contribution in [2.24, 2.45) is 7.05 Å². The molecule has 2 aromatic heterocycles. The molecular formula is C17H14N4O3S. The monoisotopic (exact) mass is 354 g/mol. The Hall–Kier alpha value is -2.87. The van der Waals surface area contributed by atoms with Crippen LogP contribution in [0.3, 0.4) is 0 Å². The van der Waals surface area contributed by atoms with Crippen LogP contribution in [-0.2, 0) is 7.05 Å². The van der Waals surface area contributed by atoms with Gasteiger partial charge in [0.05, 0.1) is 5.75 Å². The summed E-state index contributed by atoms with van der Waals surface area (Å²) in [4.78, 5) is 16.5. The van der Waals surface area contributed by atoms with Gasteiger partial charge in [-0.1, -0.05) is 11.8 Å². The second kappa shape index (κ2) is 6.56. The molecule has 0 bridgehead atoms. The highest BCUT2D eigenvalue weighted by molar-refractivity contribution is 7.99. The number of benzene rings is 1. The molecule has 0 saturated heterocycles. The zero-order valence-corrected chi connectivity index (χ0v) is 14.2. The Kier molecular flexibility index (Phi) is 4.10. The summed E-state index contributed by atoms with van der Waals surface area (Å²) in [7, 11) is 1.87. The summed E-state index contributed by atoms with van der Waals surface area (Å²) < 4.78 is 12.4. The number of pyridine rings is 1. The molecule has 1 aliphatic rings. The molecule has 126 valence electrons. The average molecular weight is 354 g/mol. The van der Waals surface area contributed by atoms with Crippen LogP contribution in [0.2, 0.25) is 0 Å². The van der Waals surface area contributed by atoms with Crippen LogP contribution in [0.4, 0.5) is 0 Å². The maximum absolute atomic E-state index is 12.4. The van der Waals surface area contributed by atoms with E-state index in [9.17, 15) is 4.79 Å². The van der Waals surface area contributed by atoms with E-state index >= 15 is 0 Å². The molecule has 0 spiro atoms. The summed E-state index contributed by atoms with van der Waals surface area (Å²) in [5.41, 5.74) is 1.47. The van der Waals surface area contributed by atoms with E-state index in [1.807, 2.05) is 23.7 Å². The molecule has 8 heteroatoms. The average Bonchev–Trinajstić information content (AvgIpc) is 3.26. The van der Waals surface area contributed by atoms with Gasteiger partial charge in [-0.2, -0.15) is 0 Å². The lowest BCUT2D eigenvalue weighted by Gasteiger charge is -2.04. The number of rotatable bonds is 5. The van der Waals surface area contributed by atoms with Crippen LogP contribution in [0.1, 0.15) is 10.4 Å². The fourth-order valence-corrected chi connectivity index (χ4v) is 3.28. The van der Waals surface area contributed by atoms with E-state index in [1.165, 1.54) is 11.8 Å². The summed E-state index contributed by atoms with van der Waals surface area (Å²) in [6.45, 7) is 0.192. The highest BCUT2D eigenvalue weighted by Crippen LogP contribution is 2.33. The van der Waals surface area contributed by atoms with Gasteiger partial charge >= 0.3 is 0 Å². The third-order valence-corrected chi connectivity index (χ3v) is 4.80. The second-order valence-corrected chi connectivity index (χ2v) is 6.33. The van der Waals surface area contributed by atoms with Gasteiger partial charge in [-0.05, 0) is 30.3 Å². The summed E-state index contributed by atoms with van der Waals surface area (Å²) in [5, 5.41) is 9.03. The van der Waals surface area contributed by atoms with Gasteiger partial charge in [0.15, 0.2) is 28.3 Å². The number of hydrogen-bond donors (Lipinski definition) is 0. The van der Waals surface area contributed by atoms with E-state index in [2.05, 4.69) is 15.2 Å². The third kappa shape index (κ3) is 3.08. The third-order valence-electron chi connectivity index (χ3n) is 3.78. The van der Waals surface area contributed by atoms with Gasteiger partial charge in [0.1, 0.15) is 0 Å². The first-order valence-electron chi connectivity index (χ1n) is 7.58. The molecule has 3 heterocycles. The van der Waals surface area contributed by atoms with Gasteiger partial charge in [0, 0.05) is 30.6 Å². The van der Waals surface area contributed by atoms with E-state index in [0.29, 0.717) is 28.0 Å². The Morgan fingerprint density at radius 2 is 2.12 bits per heavy atom. The highest BCUT2D eigenvalue weighted by atomic mass is 32.2. The second-order valence-electron chi connectivity index (χ2n) is 5.39. The molecule has 0 aliphatic carbocycles. The van der Waals surface area contributed by atoms with Crippen LogP contribution < -0.4 is 9.47 Å². The van der Waals surface area contributed by atoms with Crippen LogP contribution in [0, 0.1) is 0 Å². The Morgan fingerprint density at radius 3 is 2.96 bits per heavy atom. The molecule has 0 N–H and O–H groups in total. The SMILES string of the molecule is Cn1c(SCC(=O)c2ccc3c(c2)OCO3)nnc1-c1cccnc1. The van der Waals surface area contributed by atoms with Crippen LogP contribution in [0.25, 0.3) is 11.4 Å². The first kappa shape index (κ1) is 15.6. The maximum Gasteiger partial charge on any atom is 0.231 e. The predicted octanol–water partition coefficient (Wildman–Crippen LogP) is 2.58. The molecule has 0 atom stereocenters. The van der Waals surface area contributed by atoms with E-state index in [0.717, 1.165) is 5.56 Å². The van der Waals surface area contributed by atoms with Gasteiger partial charge in [0.2, 0.25) is 6.79 Å². The Bertz CT molecular complexity index is 927. The lowest BCUT2D eigenvalue weighted by Crippen LogP contribution is -2.04. The lowest BCUT2D eigenvalue weighted by molar-refractivity contribution is 0.102. The summed E-state index contributed by atoms with van der Waals surface area (Å²) in [6, 6.07) is 8.98. The van der Waals surface area contributed by atoms with Gasteiger partial charge < -0.3 is 14.0 Å². The van der Waals surface area contributed by atoms with Gasteiger partial charge in [-0.15, -0.1) is 10.2 Å². The molecule has 1 aromatic carbocycles. The standard InChI is InChI=1S/C17H14N4O3S/c1-21-16(12-3-2-6-18-8-12)19-20-17(21)25-9-13(22)11-4-5-14-15(7-11)24-10-23-14/h2-8H,9-10H2,1H3. The molecule has 7 nitrogen and oxygen atoms in total. The van der Waals surface area contributed by atoms with Crippen molar-refractivity contribution >= 4 is 17.5 Å². The number of nitrogens with zero attached hydrogens (tertiary/aromatic N) is 4. The minimum absolute atomic E-state index is 0.00534. The quantitative estimate of drug-likeness (QED) is 0.515. The highest BCUT2D eigenvalue weighted by Gasteiger charge is 2.18. The minimum atomic E-state index is -0.00534. The number of ether oxygens (including phenoxy) is 2. The smallest absolute Gasteiger partial charge is 0.231 e. The summed E-state index contributed by atoms with van der Waals surface area (Å²) >= 11 is 1.35. The summed E-state index contributed by atoms with van der Waals surface area (Å²) in [6.07, 6.45) is 3.44. The molecule has 1 aliphatic heterocycles. The predicted molar refractivity (Wildman–Crippen MR) is 91.9 cm³/mol. The van der Waals surface area contributed by atoms with Crippen molar-refractivity contribution in [3.05, 3.63) is 48.3 Å². The van der Waals surface area contributed by atoms with Crippen molar-refractivity contribution in [2.75, 3.05) is 12.5 Å². The molecular weight excluding hydrogens is 340 g/mol. The van der Waals surface area contributed by atoms with Gasteiger partial charge in [-0.3, -0.25) is 9.78 Å². The number of Topliss-reactive ketones (excluding diaryl/α,β-unsaturated/α-hetero) is 1. The lowest BCUT2D eigenvalue weighted by atomic mass is 10.1. The number of hydrogen-bond acceptors (Lipinski definition) is 7. The Balaban J connectivity index is 1.47. The maximum atomic E-state index is 12.4. The topological polar surface area (TPSA) is 79.1 Å². The fraction of sp³-hybridized carbons (Fsp3) is 0.176. The molecule has 3 aromatic rings. The van der Waals surface area contributed by atoms with E-state index in [-0.39, 0.29) is 18.3 Å². The van der Waals surface area contributed by atoms with E-state index in [4.69, 9.17) is 9.47 Å². The summed E-state index contributed by atoms with van der Waals surface area (Å²) in [5.74, 6) is 2.24. The Morgan fingerprint density at radius 1 is 1.24 bits per heavy atom. The van der Waals surface area contributed by atoms with Crippen molar-refractivity contribution in [1.29, 1.82) is 0 Å². The number of thioether (sulfide) groups is 1. The van der Waals surface area contributed by atoms with Crippen molar-refractivity contribution in [3.8, 4) is 22.9 Å². The van der Waals surface area contributed by atoms with Crippen LogP contribution in [-0.4, -0.2) is 38.1 Å². The van der Waals surface area contributed by atoms with Crippen molar-refractivity contribution in [3.63, 3.8) is 0 Å². The Labute approximate surface area is 148 Å². The molecule has 4 rings (SSSR count). The number of carbonyl (C=O) groups is 1. The molecule has 0 amide bonds. The number of ketones is 1. The first-order valence-corrected chi connectivity index (χ1v) is 8.56. The minimum Gasteiger partial charge on any atom is -0.454 e. The largest absolute Gasteiger partial charge is 0.454 e. The van der Waals surface area contributed by atoms with Crippen LogP contribution >= 0.6 is 11.8 Å². The molecule has 0 unspecified atom stereocenters. The van der Waals surface area contributed by atoms with Crippen molar-refractivity contribution in [1.82, 2.24) is 19.7 Å². The van der Waals surface area contributed by atoms with Gasteiger partial charge in [0.25, 0.3) is 0 Å². The van der Waals surface area contributed by atoms with E-state index < -0.39 is 0 Å². The zero-order valence-electron chi connectivity index (χ0n) is 13.4. The molecule has 0 fully saturated rings. The number of carbonyl (C=O) groups excluding carboxylic acids is 1. The van der Waals surface area contributed by atoms with Crippen LogP contribution in [0.15, 0.2) is 47.9 Å². The molecule has 25 heavy (non-hydrogen) atoms.